The van der Waals surface area contributed by atoms with Crippen molar-refractivity contribution in [3.63, 3.8) is 0 Å². The van der Waals surface area contributed by atoms with Crippen LogP contribution in [0, 0.1) is 36.0 Å². The minimum atomic E-state index is 0.211. The highest BCUT2D eigenvalue weighted by Gasteiger charge is 2.42. The van der Waals surface area contributed by atoms with E-state index in [0.717, 1.165) is 91.0 Å². The number of aryl methyl sites for hydroxylation is 1. The van der Waals surface area contributed by atoms with Crippen molar-refractivity contribution in [2.24, 2.45) is 17.8 Å². The summed E-state index contributed by atoms with van der Waals surface area (Å²) < 4.78 is 12.0. The molecule has 2 unspecified atom stereocenters. The largest absolute Gasteiger partial charge is 0.488 e. The van der Waals surface area contributed by atoms with Crippen LogP contribution in [0.25, 0.3) is 11.3 Å². The highest BCUT2D eigenvalue weighted by atomic mass is 32.1. The van der Waals surface area contributed by atoms with Crippen molar-refractivity contribution in [1.82, 2.24) is 9.88 Å². The number of benzene rings is 2. The number of nitriles is 1. The van der Waals surface area contributed by atoms with Gasteiger partial charge in [-0.1, -0.05) is 23.8 Å². The van der Waals surface area contributed by atoms with Crippen LogP contribution in [-0.2, 0) is 22.7 Å². The van der Waals surface area contributed by atoms with Gasteiger partial charge in [0.1, 0.15) is 18.6 Å². The summed E-state index contributed by atoms with van der Waals surface area (Å²) in [5.41, 5.74) is 5.66. The van der Waals surface area contributed by atoms with E-state index in [0.29, 0.717) is 24.0 Å². The van der Waals surface area contributed by atoms with E-state index in [1.165, 1.54) is 6.29 Å². The Bertz CT molecular complexity index is 1400. The first-order chi connectivity index (χ1) is 19.5. The van der Waals surface area contributed by atoms with Crippen LogP contribution in [0.5, 0.6) is 5.75 Å². The molecular weight excluding hydrogens is 520 g/mol. The molecule has 1 saturated carbocycles. The summed E-state index contributed by atoms with van der Waals surface area (Å²) >= 11 is 1.66. The number of morpholine rings is 1. The third-order valence-electron chi connectivity index (χ3n) is 8.65. The third kappa shape index (κ3) is 5.64. The number of fused-ring (bicyclic) bond motifs is 2. The van der Waals surface area contributed by atoms with Gasteiger partial charge in [-0.2, -0.15) is 5.26 Å². The molecule has 7 nitrogen and oxygen atoms in total. The van der Waals surface area contributed by atoms with Crippen molar-refractivity contribution in [2.75, 3.05) is 37.7 Å². The lowest BCUT2D eigenvalue weighted by Crippen LogP contribution is -2.42. The average Bonchev–Trinajstić information content (AvgIpc) is 3.54. The zero-order valence-electron chi connectivity index (χ0n) is 23.2. The number of aromatic nitrogens is 1. The zero-order valence-corrected chi connectivity index (χ0v) is 24.0. The summed E-state index contributed by atoms with van der Waals surface area (Å²) in [6, 6.07) is 14.6. The van der Waals surface area contributed by atoms with Crippen molar-refractivity contribution >= 4 is 22.8 Å². The zero-order chi connectivity index (χ0) is 27.6. The summed E-state index contributed by atoms with van der Waals surface area (Å²) in [6.07, 6.45) is 3.69. The number of aldehydes is 1. The van der Waals surface area contributed by atoms with Crippen LogP contribution in [0.2, 0.25) is 0 Å². The summed E-state index contributed by atoms with van der Waals surface area (Å²) in [6.45, 7) is 9.66. The van der Waals surface area contributed by atoms with Crippen LogP contribution in [0.15, 0.2) is 41.8 Å². The fourth-order valence-electron chi connectivity index (χ4n) is 6.55. The van der Waals surface area contributed by atoms with Gasteiger partial charge in [-0.05, 0) is 62.3 Å². The van der Waals surface area contributed by atoms with Crippen LogP contribution in [0.4, 0.5) is 5.13 Å². The number of hydrogen-bond donors (Lipinski definition) is 0. The van der Waals surface area contributed by atoms with E-state index in [-0.39, 0.29) is 12.0 Å². The first-order valence-corrected chi connectivity index (χ1v) is 15.1. The number of piperidine rings is 1. The van der Waals surface area contributed by atoms with Crippen molar-refractivity contribution in [3.05, 3.63) is 64.0 Å². The van der Waals surface area contributed by atoms with Gasteiger partial charge in [-0.3, -0.25) is 4.90 Å². The van der Waals surface area contributed by atoms with Gasteiger partial charge in [0.2, 0.25) is 0 Å². The van der Waals surface area contributed by atoms with Crippen LogP contribution in [0.3, 0.4) is 0 Å². The number of nitrogens with zero attached hydrogens (tertiary/aromatic N) is 4. The van der Waals surface area contributed by atoms with Crippen molar-refractivity contribution in [3.8, 4) is 23.1 Å². The normalized spacial score (nSPS) is 24.6. The molecule has 3 aliphatic rings. The fourth-order valence-corrected chi connectivity index (χ4v) is 7.39. The highest BCUT2D eigenvalue weighted by molar-refractivity contribution is 7.14. The molecule has 2 aliphatic heterocycles. The minimum Gasteiger partial charge on any atom is -0.488 e. The Balaban J connectivity index is 1.16. The van der Waals surface area contributed by atoms with Gasteiger partial charge in [0.15, 0.2) is 5.13 Å². The monoisotopic (exact) mass is 556 g/mol. The maximum atomic E-state index is 11.6. The third-order valence-corrected chi connectivity index (χ3v) is 9.55. The Kier molecular flexibility index (Phi) is 7.88. The van der Waals surface area contributed by atoms with Gasteiger partial charge in [0, 0.05) is 55.1 Å². The van der Waals surface area contributed by atoms with Crippen LogP contribution < -0.4 is 9.64 Å². The molecule has 0 N–H and O–H groups in total. The molecule has 8 heteroatoms. The minimum absolute atomic E-state index is 0.211. The smallest absolute Gasteiger partial charge is 0.185 e. The number of thiazole rings is 1. The summed E-state index contributed by atoms with van der Waals surface area (Å²) in [4.78, 5) is 21.3. The molecule has 3 heterocycles. The number of rotatable bonds is 8. The average molecular weight is 557 g/mol. The number of anilines is 1. The second-order valence-corrected chi connectivity index (χ2v) is 12.4. The van der Waals surface area contributed by atoms with Crippen LogP contribution >= 0.6 is 11.3 Å². The molecule has 0 spiro atoms. The number of carbonyl (C=O) groups is 1. The van der Waals surface area contributed by atoms with Crippen molar-refractivity contribution in [2.45, 2.75) is 45.9 Å². The van der Waals surface area contributed by atoms with E-state index >= 15 is 0 Å². The van der Waals surface area contributed by atoms with Crippen LogP contribution in [0.1, 0.15) is 42.0 Å². The highest BCUT2D eigenvalue weighted by Crippen LogP contribution is 2.43. The van der Waals surface area contributed by atoms with E-state index < -0.39 is 0 Å². The quantitative estimate of drug-likeness (QED) is 0.341. The van der Waals surface area contributed by atoms with Gasteiger partial charge >= 0.3 is 0 Å². The second-order valence-electron chi connectivity index (χ2n) is 11.5. The molecule has 1 aromatic heterocycles. The Morgan fingerprint density at radius 3 is 2.75 bits per heavy atom. The van der Waals surface area contributed by atoms with Gasteiger partial charge in [0.05, 0.1) is 30.0 Å². The fraction of sp³-hybridized carbons (Fsp3) is 0.469. The molecule has 0 amide bonds. The molecular formula is C32H36N4O3S. The lowest BCUT2D eigenvalue weighted by atomic mass is 9.87. The van der Waals surface area contributed by atoms with Gasteiger partial charge in [-0.25, -0.2) is 4.98 Å². The molecule has 6 rings (SSSR count). The number of hydrogen-bond acceptors (Lipinski definition) is 8. The van der Waals surface area contributed by atoms with Crippen molar-refractivity contribution in [1.29, 1.82) is 5.26 Å². The van der Waals surface area contributed by atoms with Gasteiger partial charge in [-0.15, -0.1) is 11.3 Å². The Hall–Kier alpha value is -3.25. The summed E-state index contributed by atoms with van der Waals surface area (Å²) in [5, 5.41) is 13.0. The first kappa shape index (κ1) is 26.9. The maximum Gasteiger partial charge on any atom is 0.185 e. The van der Waals surface area contributed by atoms with Gasteiger partial charge in [0.25, 0.3) is 0 Å². The van der Waals surface area contributed by atoms with E-state index in [9.17, 15) is 10.1 Å². The van der Waals surface area contributed by atoms with E-state index in [4.69, 9.17) is 14.5 Å². The standard InChI is InChI=1S/C32H36N4O3S/c1-21-3-8-31(39-19-26-5-4-23(12-27(26)13-33)15-35-9-10-38-22(2)14-35)28(11-21)30-20-40-32(34-30)36-16-24-6-7-25(17-36)29(24)18-37/h3-5,8,11-12,18,20,22,24-25,29H,6-7,9-10,14-17,19H2,1-2H3/t22-,24?,25?,29?/m1/s1. The lowest BCUT2D eigenvalue weighted by Gasteiger charge is -2.35. The molecule has 2 bridgehead atoms. The Morgan fingerprint density at radius 2 is 2.00 bits per heavy atom. The topological polar surface area (TPSA) is 78.7 Å². The molecule has 1 aliphatic carbocycles. The Labute approximate surface area is 240 Å². The molecule has 40 heavy (non-hydrogen) atoms. The van der Waals surface area contributed by atoms with Gasteiger partial charge < -0.3 is 19.2 Å². The van der Waals surface area contributed by atoms with E-state index in [2.05, 4.69) is 47.2 Å². The number of ether oxygens (including phenoxy) is 2. The second kappa shape index (κ2) is 11.7. The summed E-state index contributed by atoms with van der Waals surface area (Å²) in [5.74, 6) is 1.86. The van der Waals surface area contributed by atoms with Crippen molar-refractivity contribution < 1.29 is 14.3 Å². The molecule has 3 aromatic rings. The molecule has 2 aromatic carbocycles. The molecule has 208 valence electrons. The lowest BCUT2D eigenvalue weighted by molar-refractivity contribution is -0.113. The first-order valence-electron chi connectivity index (χ1n) is 14.3. The molecule has 3 fully saturated rings. The SMILES string of the molecule is Cc1ccc(OCc2ccc(CN3CCO[C@H](C)C3)cc2C#N)c(-c2csc(N3CC4CCC(C3)C4C=O)n2)c1. The molecule has 3 atom stereocenters. The molecule has 2 saturated heterocycles. The van der Waals surface area contributed by atoms with Crippen LogP contribution in [-0.4, -0.2) is 55.1 Å². The number of carbonyl (C=O) groups excluding carboxylic acids is 1. The van der Waals surface area contributed by atoms with E-state index in [1.54, 1.807) is 11.3 Å². The molecule has 0 radical (unpaired) electrons. The Morgan fingerprint density at radius 1 is 1.18 bits per heavy atom. The maximum absolute atomic E-state index is 11.6. The predicted molar refractivity (Wildman–Crippen MR) is 156 cm³/mol. The predicted octanol–water partition coefficient (Wildman–Crippen LogP) is 5.45. The van der Waals surface area contributed by atoms with E-state index in [1.807, 2.05) is 24.3 Å². The summed E-state index contributed by atoms with van der Waals surface area (Å²) in [7, 11) is 0.